The molecular formula is C32H33O4P. The number of carbonyl (C=O) groups is 2. The summed E-state index contributed by atoms with van der Waals surface area (Å²) in [6.45, 7) is 3.94. The number of hydrogen-bond donors (Lipinski definition) is 0. The maximum atomic E-state index is 12.8. The zero-order chi connectivity index (χ0) is 25.5. The Kier molecular flexibility index (Phi) is 6.63. The highest BCUT2D eigenvalue weighted by Gasteiger charge is 2.54. The van der Waals surface area contributed by atoms with E-state index in [0.717, 1.165) is 42.6 Å². The number of aryl methyl sites for hydroxylation is 2. The van der Waals surface area contributed by atoms with E-state index in [-0.39, 0.29) is 30.5 Å². The van der Waals surface area contributed by atoms with Gasteiger partial charge < -0.3 is 9.47 Å². The maximum Gasteiger partial charge on any atom is 0.344 e. The summed E-state index contributed by atoms with van der Waals surface area (Å²) in [5.41, 5.74) is 2.01. The summed E-state index contributed by atoms with van der Waals surface area (Å²) in [7, 11) is -0.714. The first-order valence-electron chi connectivity index (χ1n) is 13.4. The van der Waals surface area contributed by atoms with Crippen LogP contribution in [0.15, 0.2) is 72.8 Å². The van der Waals surface area contributed by atoms with Gasteiger partial charge in [-0.3, -0.25) is 4.79 Å². The molecule has 7 rings (SSSR count). The molecule has 0 spiro atoms. The first kappa shape index (κ1) is 24.4. The van der Waals surface area contributed by atoms with Crippen LogP contribution in [-0.2, 0) is 14.3 Å². The third kappa shape index (κ3) is 4.73. The van der Waals surface area contributed by atoms with Gasteiger partial charge in [-0.25, -0.2) is 4.79 Å². The van der Waals surface area contributed by atoms with Gasteiger partial charge in [0.15, 0.2) is 6.61 Å². The second-order valence-electron chi connectivity index (χ2n) is 10.9. The van der Waals surface area contributed by atoms with E-state index in [1.807, 2.05) is 26.0 Å². The second kappa shape index (κ2) is 10.1. The quantitative estimate of drug-likeness (QED) is 0.331. The Morgan fingerprint density at radius 1 is 0.838 bits per heavy atom. The summed E-state index contributed by atoms with van der Waals surface area (Å²) < 4.78 is 11.9. The zero-order valence-corrected chi connectivity index (χ0v) is 22.3. The van der Waals surface area contributed by atoms with Gasteiger partial charge in [0.2, 0.25) is 0 Å². The molecular weight excluding hydrogens is 479 g/mol. The topological polar surface area (TPSA) is 52.6 Å². The fourth-order valence-corrected chi connectivity index (χ4v) is 9.44. The van der Waals surface area contributed by atoms with E-state index in [1.54, 1.807) is 0 Å². The first-order chi connectivity index (χ1) is 18.0. The van der Waals surface area contributed by atoms with Gasteiger partial charge in [0, 0.05) is 5.92 Å². The Morgan fingerprint density at radius 3 is 2.08 bits per heavy atom. The summed E-state index contributed by atoms with van der Waals surface area (Å²) in [5.74, 6) is 1.76. The Hall–Kier alpha value is -2.97. The van der Waals surface area contributed by atoms with Crippen molar-refractivity contribution in [2.24, 2.45) is 23.7 Å². The fourth-order valence-electron chi connectivity index (χ4n) is 6.96. The molecule has 4 saturated carbocycles. The number of ketones is 1. The molecule has 0 radical (unpaired) electrons. The van der Waals surface area contributed by atoms with Crippen molar-refractivity contribution in [2.45, 2.75) is 45.6 Å². The van der Waals surface area contributed by atoms with Crippen LogP contribution in [0.25, 0.3) is 0 Å². The molecule has 0 saturated heterocycles. The van der Waals surface area contributed by atoms with Crippen LogP contribution in [0.3, 0.4) is 0 Å². The maximum absolute atomic E-state index is 12.8. The lowest BCUT2D eigenvalue weighted by molar-refractivity contribution is -0.177. The van der Waals surface area contributed by atoms with Gasteiger partial charge in [-0.2, -0.15) is 0 Å². The number of hydrogen-bond acceptors (Lipinski definition) is 4. The van der Waals surface area contributed by atoms with Crippen molar-refractivity contribution in [3.8, 4) is 5.75 Å². The number of benzene rings is 3. The van der Waals surface area contributed by atoms with Gasteiger partial charge in [0.25, 0.3) is 0 Å². The average molecular weight is 513 g/mol. The van der Waals surface area contributed by atoms with Crippen LogP contribution in [0.1, 0.15) is 36.8 Å². The normalized spacial score (nSPS) is 25.9. The van der Waals surface area contributed by atoms with Gasteiger partial charge in [-0.15, -0.1) is 0 Å². The summed E-state index contributed by atoms with van der Waals surface area (Å²) in [5, 5.41) is 3.85. The standard InChI is InChI=1S/C32H33O4P/c1-20-13-27(37(25-9-5-3-6-10-25)26-11-7-4-8-12-26)14-21(2)31(20)35-19-29(33)36-32-24-16-22-15-23(18-24)30(34)28(32)17-22/h3-14,22-24,28,32H,15-19H2,1-2H3. The minimum atomic E-state index is -0.714. The Balaban J connectivity index is 1.18. The van der Waals surface area contributed by atoms with Crippen LogP contribution in [0.5, 0.6) is 5.75 Å². The van der Waals surface area contributed by atoms with Crippen molar-refractivity contribution >= 4 is 35.6 Å². The largest absolute Gasteiger partial charge is 0.481 e. The molecule has 5 heteroatoms. The monoisotopic (exact) mass is 512 g/mol. The number of esters is 1. The van der Waals surface area contributed by atoms with Crippen molar-refractivity contribution in [3.05, 3.63) is 83.9 Å². The highest BCUT2D eigenvalue weighted by atomic mass is 31.1. The molecule has 0 aliphatic heterocycles. The van der Waals surface area contributed by atoms with Crippen LogP contribution in [0, 0.1) is 37.5 Å². The number of carbonyl (C=O) groups excluding carboxylic acids is 2. The third-order valence-electron chi connectivity index (χ3n) is 8.39. The molecule has 0 amide bonds. The predicted molar refractivity (Wildman–Crippen MR) is 147 cm³/mol. The van der Waals surface area contributed by atoms with E-state index in [4.69, 9.17) is 9.47 Å². The van der Waals surface area contributed by atoms with Gasteiger partial charge in [-0.1, -0.05) is 60.7 Å². The number of rotatable bonds is 7. The van der Waals surface area contributed by atoms with Crippen LogP contribution in [0.2, 0.25) is 0 Å². The van der Waals surface area contributed by atoms with E-state index in [1.165, 1.54) is 15.9 Å². The number of Topliss-reactive ketones (excluding diaryl/α,β-unsaturated/α-hetero) is 1. The Morgan fingerprint density at radius 2 is 1.46 bits per heavy atom. The van der Waals surface area contributed by atoms with Gasteiger partial charge >= 0.3 is 5.97 Å². The van der Waals surface area contributed by atoms with E-state index in [0.29, 0.717) is 17.6 Å². The van der Waals surface area contributed by atoms with Crippen molar-refractivity contribution < 1.29 is 19.1 Å². The fraction of sp³-hybridized carbons (Fsp3) is 0.375. The lowest BCUT2D eigenvalue weighted by Gasteiger charge is -2.52. The molecule has 5 unspecified atom stereocenters. The number of ether oxygens (including phenoxy) is 2. The minimum absolute atomic E-state index is 0.0989. The molecule has 4 aliphatic carbocycles. The van der Waals surface area contributed by atoms with E-state index >= 15 is 0 Å². The first-order valence-corrected chi connectivity index (χ1v) is 14.7. The Bertz CT molecular complexity index is 1240. The van der Waals surface area contributed by atoms with Crippen LogP contribution >= 0.6 is 7.92 Å². The van der Waals surface area contributed by atoms with E-state index in [9.17, 15) is 9.59 Å². The zero-order valence-electron chi connectivity index (χ0n) is 21.4. The van der Waals surface area contributed by atoms with Crippen LogP contribution in [0.4, 0.5) is 0 Å². The van der Waals surface area contributed by atoms with E-state index < -0.39 is 7.92 Å². The second-order valence-corrected chi connectivity index (χ2v) is 13.2. The van der Waals surface area contributed by atoms with Crippen LogP contribution in [-0.4, -0.2) is 24.5 Å². The van der Waals surface area contributed by atoms with Gasteiger partial charge in [0.1, 0.15) is 17.6 Å². The van der Waals surface area contributed by atoms with Crippen LogP contribution < -0.4 is 20.7 Å². The van der Waals surface area contributed by atoms with Gasteiger partial charge in [-0.05, 0) is 98.5 Å². The molecule has 4 fully saturated rings. The smallest absolute Gasteiger partial charge is 0.344 e. The highest BCUT2D eigenvalue weighted by molar-refractivity contribution is 7.79. The van der Waals surface area contributed by atoms with Crippen molar-refractivity contribution in [1.82, 2.24) is 0 Å². The SMILES string of the molecule is Cc1cc(P(c2ccccc2)c2ccccc2)cc(C)c1OCC(=O)OC1C2CC3CC(C2)C(=O)C1C3. The molecule has 0 aromatic heterocycles. The van der Waals surface area contributed by atoms with Crippen molar-refractivity contribution in [1.29, 1.82) is 0 Å². The summed E-state index contributed by atoms with van der Waals surface area (Å²) in [4.78, 5) is 25.5. The van der Waals surface area contributed by atoms with Crippen molar-refractivity contribution in [2.75, 3.05) is 6.61 Å². The van der Waals surface area contributed by atoms with E-state index in [2.05, 4.69) is 60.7 Å². The molecule has 0 heterocycles. The summed E-state index contributed by atoms with van der Waals surface area (Å²) in [6, 6.07) is 25.6. The molecule has 190 valence electrons. The Labute approximate surface area is 220 Å². The molecule has 4 bridgehead atoms. The molecule has 4 nitrogen and oxygen atoms in total. The summed E-state index contributed by atoms with van der Waals surface area (Å²) in [6.07, 6.45) is 3.64. The third-order valence-corrected chi connectivity index (χ3v) is 10.8. The van der Waals surface area contributed by atoms with Gasteiger partial charge in [0.05, 0.1) is 5.92 Å². The lowest BCUT2D eigenvalue weighted by Crippen LogP contribution is -2.55. The molecule has 0 N–H and O–H groups in total. The molecule has 37 heavy (non-hydrogen) atoms. The highest BCUT2D eigenvalue weighted by Crippen LogP contribution is 2.53. The lowest BCUT2D eigenvalue weighted by atomic mass is 9.54. The summed E-state index contributed by atoms with van der Waals surface area (Å²) >= 11 is 0. The molecule has 4 aliphatic rings. The average Bonchev–Trinajstić information content (AvgIpc) is 2.90. The molecule has 3 aromatic rings. The molecule has 5 atom stereocenters. The minimum Gasteiger partial charge on any atom is -0.481 e. The molecule has 3 aromatic carbocycles. The predicted octanol–water partition coefficient (Wildman–Crippen LogP) is 4.99. The van der Waals surface area contributed by atoms with Crippen molar-refractivity contribution in [3.63, 3.8) is 0 Å².